The number of rotatable bonds is 9. The molecule has 0 bridgehead atoms. The summed E-state index contributed by atoms with van der Waals surface area (Å²) >= 11 is 0. The predicted octanol–water partition coefficient (Wildman–Crippen LogP) is 4.67. The van der Waals surface area contributed by atoms with Crippen molar-refractivity contribution in [3.63, 3.8) is 0 Å². The van der Waals surface area contributed by atoms with Gasteiger partial charge in [-0.1, -0.05) is 12.1 Å². The Morgan fingerprint density at radius 2 is 1.81 bits per heavy atom. The van der Waals surface area contributed by atoms with Crippen molar-refractivity contribution in [3.05, 3.63) is 88.0 Å². The van der Waals surface area contributed by atoms with Crippen molar-refractivity contribution < 1.29 is 23.9 Å². The first-order valence-corrected chi connectivity index (χ1v) is 9.67. The van der Waals surface area contributed by atoms with E-state index in [1.807, 2.05) is 6.92 Å². The number of carbonyl (C=O) groups excluding carboxylic acids is 1. The number of nitrogens with zero attached hydrogens (tertiary/aromatic N) is 2. The second-order valence-corrected chi connectivity index (χ2v) is 6.40. The minimum atomic E-state index is -0.565. The van der Waals surface area contributed by atoms with Gasteiger partial charge in [0.25, 0.3) is 5.69 Å². The molecule has 0 saturated carbocycles. The fourth-order valence-corrected chi connectivity index (χ4v) is 2.76. The number of methoxy groups -OCH3 is 1. The molecule has 9 nitrogen and oxygen atoms in total. The maximum Gasteiger partial charge on any atom is 0.347 e. The number of para-hydroxylation sites is 1. The fourth-order valence-electron chi connectivity index (χ4n) is 2.76. The zero-order valence-electron chi connectivity index (χ0n) is 17.5. The van der Waals surface area contributed by atoms with Crippen LogP contribution in [0.4, 0.5) is 11.4 Å². The third-order valence-corrected chi connectivity index (χ3v) is 4.28. The van der Waals surface area contributed by atoms with Crippen molar-refractivity contribution in [2.75, 3.05) is 19.1 Å². The zero-order valence-corrected chi connectivity index (χ0v) is 17.5. The van der Waals surface area contributed by atoms with E-state index in [-0.39, 0.29) is 11.4 Å². The van der Waals surface area contributed by atoms with E-state index in [1.54, 1.807) is 60.8 Å². The van der Waals surface area contributed by atoms with Crippen molar-refractivity contribution >= 4 is 23.6 Å². The molecule has 0 aliphatic carbocycles. The second kappa shape index (κ2) is 10.6. The Balaban J connectivity index is 1.73. The van der Waals surface area contributed by atoms with Gasteiger partial charge in [0.1, 0.15) is 11.3 Å². The highest BCUT2D eigenvalue weighted by Gasteiger charge is 2.16. The Morgan fingerprint density at radius 1 is 1.06 bits per heavy atom. The van der Waals surface area contributed by atoms with Gasteiger partial charge in [-0.2, -0.15) is 5.10 Å². The van der Waals surface area contributed by atoms with Crippen molar-refractivity contribution in [2.45, 2.75) is 6.92 Å². The molecule has 0 atom stereocenters. The van der Waals surface area contributed by atoms with Gasteiger partial charge >= 0.3 is 5.97 Å². The second-order valence-electron chi connectivity index (χ2n) is 6.40. The normalized spacial score (nSPS) is 10.6. The number of anilines is 1. The summed E-state index contributed by atoms with van der Waals surface area (Å²) in [5, 5.41) is 14.8. The molecule has 0 spiro atoms. The number of hydrogen-bond acceptors (Lipinski definition) is 8. The largest absolute Gasteiger partial charge is 0.496 e. The van der Waals surface area contributed by atoms with E-state index >= 15 is 0 Å². The van der Waals surface area contributed by atoms with Gasteiger partial charge in [-0.25, -0.2) is 4.79 Å². The van der Waals surface area contributed by atoms with E-state index in [9.17, 15) is 14.9 Å². The number of carbonyl (C=O) groups is 1. The SMILES string of the molecule is CCOc1cc(/C=N/Nc2ccc([N+](=O)[O-])cc2)ccc1OC(=O)c1ccccc1OC. The molecular formula is C23H21N3O6. The van der Waals surface area contributed by atoms with Crippen LogP contribution in [-0.4, -0.2) is 30.8 Å². The van der Waals surface area contributed by atoms with Gasteiger partial charge in [-0.3, -0.25) is 15.5 Å². The fraction of sp³-hybridized carbons (Fsp3) is 0.130. The summed E-state index contributed by atoms with van der Waals surface area (Å²) in [5.41, 5.74) is 4.39. The van der Waals surface area contributed by atoms with Crippen molar-refractivity contribution in [1.29, 1.82) is 0 Å². The molecule has 0 saturated heterocycles. The highest BCUT2D eigenvalue weighted by molar-refractivity contribution is 5.94. The molecule has 1 N–H and O–H groups in total. The quantitative estimate of drug-likeness (QED) is 0.171. The van der Waals surface area contributed by atoms with Gasteiger partial charge in [-0.15, -0.1) is 0 Å². The van der Waals surface area contributed by atoms with E-state index in [4.69, 9.17) is 14.2 Å². The Hall–Kier alpha value is -4.40. The number of hydrogen-bond donors (Lipinski definition) is 1. The molecule has 0 aliphatic rings. The van der Waals surface area contributed by atoms with Crippen LogP contribution in [0.25, 0.3) is 0 Å². The molecule has 0 amide bonds. The molecule has 0 aliphatic heterocycles. The van der Waals surface area contributed by atoms with Gasteiger partial charge in [0.05, 0.1) is 30.5 Å². The molecule has 164 valence electrons. The van der Waals surface area contributed by atoms with Crippen LogP contribution in [0.3, 0.4) is 0 Å². The maximum atomic E-state index is 12.6. The monoisotopic (exact) mass is 435 g/mol. The molecule has 0 radical (unpaired) electrons. The summed E-state index contributed by atoms with van der Waals surface area (Å²) in [7, 11) is 1.48. The molecule has 32 heavy (non-hydrogen) atoms. The van der Waals surface area contributed by atoms with E-state index in [0.717, 1.165) is 0 Å². The molecule has 3 aromatic rings. The lowest BCUT2D eigenvalue weighted by Crippen LogP contribution is -2.11. The minimum Gasteiger partial charge on any atom is -0.496 e. The average Bonchev–Trinajstić information content (AvgIpc) is 2.81. The van der Waals surface area contributed by atoms with Crippen LogP contribution in [0.1, 0.15) is 22.8 Å². The number of esters is 1. The van der Waals surface area contributed by atoms with Crippen molar-refractivity contribution in [2.24, 2.45) is 5.10 Å². The number of nitrogens with one attached hydrogen (secondary N) is 1. The highest BCUT2D eigenvalue weighted by atomic mass is 16.6. The summed E-state index contributed by atoms with van der Waals surface area (Å²) in [6.45, 7) is 2.20. The molecular weight excluding hydrogens is 414 g/mol. The average molecular weight is 435 g/mol. The van der Waals surface area contributed by atoms with Gasteiger partial charge in [-0.05, 0) is 55.0 Å². The third kappa shape index (κ3) is 5.60. The first kappa shape index (κ1) is 22.3. The van der Waals surface area contributed by atoms with Crippen LogP contribution in [0.5, 0.6) is 17.2 Å². The van der Waals surface area contributed by atoms with Crippen molar-refractivity contribution in [1.82, 2.24) is 0 Å². The van der Waals surface area contributed by atoms with Crippen molar-refractivity contribution in [3.8, 4) is 17.2 Å². The minimum absolute atomic E-state index is 0.000792. The molecule has 3 rings (SSSR count). The number of nitro benzene ring substituents is 1. The van der Waals surface area contributed by atoms with Gasteiger partial charge in [0.2, 0.25) is 0 Å². The van der Waals surface area contributed by atoms with Crippen LogP contribution in [0.15, 0.2) is 71.8 Å². The molecule has 9 heteroatoms. The number of non-ortho nitro benzene ring substituents is 1. The van der Waals surface area contributed by atoms with Crippen LogP contribution in [0.2, 0.25) is 0 Å². The summed E-state index contributed by atoms with van der Waals surface area (Å²) in [4.78, 5) is 22.8. The number of benzene rings is 3. The highest BCUT2D eigenvalue weighted by Crippen LogP contribution is 2.30. The number of ether oxygens (including phenoxy) is 3. The van der Waals surface area contributed by atoms with Crippen LogP contribution >= 0.6 is 0 Å². The van der Waals surface area contributed by atoms with Gasteiger partial charge < -0.3 is 14.2 Å². The lowest BCUT2D eigenvalue weighted by molar-refractivity contribution is -0.384. The van der Waals surface area contributed by atoms with Crippen LogP contribution < -0.4 is 19.6 Å². The predicted molar refractivity (Wildman–Crippen MR) is 120 cm³/mol. The van der Waals surface area contributed by atoms with E-state index in [0.29, 0.717) is 34.9 Å². The lowest BCUT2D eigenvalue weighted by atomic mass is 10.2. The first-order chi connectivity index (χ1) is 15.5. The topological polar surface area (TPSA) is 112 Å². The Kier molecular flexibility index (Phi) is 7.37. The molecule has 0 fully saturated rings. The first-order valence-electron chi connectivity index (χ1n) is 9.67. The summed E-state index contributed by atoms with van der Waals surface area (Å²) in [6.07, 6.45) is 1.55. The Bertz CT molecular complexity index is 1130. The zero-order chi connectivity index (χ0) is 22.9. The molecule has 0 heterocycles. The van der Waals surface area contributed by atoms with E-state index < -0.39 is 10.9 Å². The smallest absolute Gasteiger partial charge is 0.347 e. The van der Waals surface area contributed by atoms with E-state index in [1.165, 1.54) is 19.2 Å². The van der Waals surface area contributed by atoms with Gasteiger partial charge in [0.15, 0.2) is 11.5 Å². The number of hydrazone groups is 1. The van der Waals surface area contributed by atoms with Crippen LogP contribution in [0, 0.1) is 10.1 Å². The maximum absolute atomic E-state index is 12.6. The van der Waals surface area contributed by atoms with Gasteiger partial charge in [0, 0.05) is 12.1 Å². The standard InChI is InChI=1S/C23H21N3O6/c1-3-31-22-14-16(15-24-25-17-9-11-18(12-10-17)26(28)29)8-13-21(22)32-23(27)19-6-4-5-7-20(19)30-2/h4-15,25H,3H2,1-2H3/b24-15+. The Morgan fingerprint density at radius 3 is 2.50 bits per heavy atom. The molecule has 0 aromatic heterocycles. The lowest BCUT2D eigenvalue weighted by Gasteiger charge is -2.12. The number of nitro groups is 1. The summed E-state index contributed by atoms with van der Waals surface area (Å²) < 4.78 is 16.4. The van der Waals surface area contributed by atoms with E-state index in [2.05, 4.69) is 10.5 Å². The van der Waals surface area contributed by atoms with Crippen LogP contribution in [-0.2, 0) is 0 Å². The molecule has 3 aromatic carbocycles. The Labute approximate surface area is 184 Å². The molecule has 0 unspecified atom stereocenters. The summed E-state index contributed by atoms with van der Waals surface area (Å²) in [5.74, 6) is 0.499. The third-order valence-electron chi connectivity index (χ3n) is 4.28. The summed E-state index contributed by atoms with van der Waals surface area (Å²) in [6, 6.07) is 17.7.